The largest absolute Gasteiger partial charge is 0.507 e. The third-order valence-corrected chi connectivity index (χ3v) is 4.20. The Morgan fingerprint density at radius 3 is 2.45 bits per heavy atom. The van der Waals surface area contributed by atoms with Gasteiger partial charge in [0.2, 0.25) is 0 Å². The molecule has 1 saturated heterocycles. The Morgan fingerprint density at radius 2 is 1.85 bits per heavy atom. The van der Waals surface area contributed by atoms with E-state index in [0.29, 0.717) is 11.8 Å². The van der Waals surface area contributed by atoms with Gasteiger partial charge in [0.25, 0.3) is 0 Å². The smallest absolute Gasteiger partial charge is 0.123 e. The number of hydrogen-bond donors (Lipinski definition) is 2. The molecule has 0 spiro atoms. The van der Waals surface area contributed by atoms with Crippen molar-refractivity contribution in [2.45, 2.75) is 25.8 Å². The molecule has 1 aliphatic heterocycles. The van der Waals surface area contributed by atoms with E-state index in [0.717, 1.165) is 43.2 Å². The minimum atomic E-state index is 0. The lowest BCUT2D eigenvalue weighted by Gasteiger charge is -2.36. The Hall–Kier alpha value is -0.480. The van der Waals surface area contributed by atoms with E-state index in [-0.39, 0.29) is 24.8 Å². The lowest BCUT2D eigenvalue weighted by molar-refractivity contribution is 0.153. The first kappa shape index (κ1) is 17.6. The molecule has 20 heavy (non-hydrogen) atoms. The monoisotopic (exact) mass is 318 g/mol. The average Bonchev–Trinajstić information content (AvgIpc) is 3.21. The van der Waals surface area contributed by atoms with Crippen LogP contribution in [-0.2, 0) is 0 Å². The van der Waals surface area contributed by atoms with Crippen molar-refractivity contribution >= 4 is 24.8 Å². The van der Waals surface area contributed by atoms with Gasteiger partial charge in [0.1, 0.15) is 5.75 Å². The summed E-state index contributed by atoms with van der Waals surface area (Å²) in [7, 11) is 0. The van der Waals surface area contributed by atoms with Crippen molar-refractivity contribution in [2.24, 2.45) is 5.92 Å². The Labute approximate surface area is 133 Å². The fourth-order valence-electron chi connectivity index (χ4n) is 3.04. The highest BCUT2D eigenvalue weighted by Gasteiger charge is 2.38. The Bertz CT molecular complexity index is 432. The summed E-state index contributed by atoms with van der Waals surface area (Å²) in [6, 6.07) is 6.59. The van der Waals surface area contributed by atoms with Crippen molar-refractivity contribution in [2.75, 3.05) is 26.2 Å². The molecular formula is C15H24Cl2N2O. The van der Waals surface area contributed by atoms with Crippen LogP contribution in [0.3, 0.4) is 0 Å². The van der Waals surface area contributed by atoms with E-state index < -0.39 is 0 Å². The first-order chi connectivity index (χ1) is 8.77. The van der Waals surface area contributed by atoms with Crippen LogP contribution >= 0.6 is 24.8 Å². The van der Waals surface area contributed by atoms with Gasteiger partial charge in [-0.2, -0.15) is 0 Å². The molecular weight excluding hydrogens is 295 g/mol. The van der Waals surface area contributed by atoms with Gasteiger partial charge >= 0.3 is 0 Å². The van der Waals surface area contributed by atoms with Crippen LogP contribution in [-0.4, -0.2) is 36.2 Å². The SMILES string of the molecule is Cc1cccc([C@@H](C2CC2)N2CCNCC2)c1O.Cl.Cl. The van der Waals surface area contributed by atoms with Crippen LogP contribution in [0.15, 0.2) is 18.2 Å². The zero-order valence-electron chi connectivity index (χ0n) is 11.8. The number of phenolic OH excluding ortho intramolecular Hbond substituents is 1. The highest BCUT2D eigenvalue weighted by molar-refractivity contribution is 5.85. The fourth-order valence-corrected chi connectivity index (χ4v) is 3.04. The second-order valence-electron chi connectivity index (χ2n) is 5.58. The van der Waals surface area contributed by atoms with Crippen molar-refractivity contribution in [1.82, 2.24) is 10.2 Å². The molecule has 0 radical (unpaired) electrons. The number of nitrogens with one attached hydrogen (secondary N) is 1. The summed E-state index contributed by atoms with van der Waals surface area (Å²) >= 11 is 0. The molecule has 2 aliphatic rings. The average molecular weight is 319 g/mol. The summed E-state index contributed by atoms with van der Waals surface area (Å²) in [4.78, 5) is 2.54. The quantitative estimate of drug-likeness (QED) is 0.899. The molecule has 5 heteroatoms. The van der Waals surface area contributed by atoms with E-state index in [4.69, 9.17) is 0 Å². The number of benzene rings is 1. The van der Waals surface area contributed by atoms with E-state index in [9.17, 15) is 5.11 Å². The molecule has 0 amide bonds. The van der Waals surface area contributed by atoms with Gasteiger partial charge in [-0.1, -0.05) is 18.2 Å². The standard InChI is InChI=1S/C15H22N2O.2ClH/c1-11-3-2-4-13(15(11)18)14(12-5-6-12)17-9-7-16-8-10-17;;/h2-4,12,14,16,18H,5-10H2,1H3;2*1H/t14-;;/m1../s1. The lowest BCUT2D eigenvalue weighted by atomic mass is 9.97. The van der Waals surface area contributed by atoms with E-state index in [1.54, 1.807) is 0 Å². The van der Waals surface area contributed by atoms with Crippen LogP contribution in [0.5, 0.6) is 5.75 Å². The zero-order chi connectivity index (χ0) is 12.5. The number of para-hydroxylation sites is 1. The van der Waals surface area contributed by atoms with E-state index in [1.165, 1.54) is 12.8 Å². The summed E-state index contributed by atoms with van der Waals surface area (Å²) in [6.45, 7) is 6.30. The molecule has 1 aliphatic carbocycles. The summed E-state index contributed by atoms with van der Waals surface area (Å²) in [5.74, 6) is 1.25. The molecule has 0 aromatic heterocycles. The maximum atomic E-state index is 10.3. The molecule has 1 aromatic carbocycles. The van der Waals surface area contributed by atoms with Gasteiger partial charge < -0.3 is 10.4 Å². The predicted molar refractivity (Wildman–Crippen MR) is 87.2 cm³/mol. The highest BCUT2D eigenvalue weighted by atomic mass is 35.5. The minimum absolute atomic E-state index is 0. The third-order valence-electron chi connectivity index (χ3n) is 4.20. The zero-order valence-corrected chi connectivity index (χ0v) is 13.5. The maximum absolute atomic E-state index is 10.3. The van der Waals surface area contributed by atoms with Gasteiger partial charge in [-0.05, 0) is 31.2 Å². The third kappa shape index (κ3) is 3.59. The van der Waals surface area contributed by atoms with Crippen LogP contribution in [0.25, 0.3) is 0 Å². The van der Waals surface area contributed by atoms with Crippen molar-refractivity contribution in [1.29, 1.82) is 0 Å². The molecule has 2 N–H and O–H groups in total. The van der Waals surface area contributed by atoms with Gasteiger partial charge in [-0.15, -0.1) is 24.8 Å². The second kappa shape index (κ2) is 7.51. The molecule has 0 bridgehead atoms. The molecule has 3 rings (SSSR count). The van der Waals surface area contributed by atoms with E-state index >= 15 is 0 Å². The van der Waals surface area contributed by atoms with Crippen LogP contribution in [0.1, 0.15) is 30.0 Å². The molecule has 1 atom stereocenters. The van der Waals surface area contributed by atoms with Gasteiger partial charge in [0.15, 0.2) is 0 Å². The summed E-state index contributed by atoms with van der Waals surface area (Å²) in [5.41, 5.74) is 2.13. The van der Waals surface area contributed by atoms with Crippen molar-refractivity contribution in [3.8, 4) is 5.75 Å². The van der Waals surface area contributed by atoms with E-state index in [2.05, 4.69) is 22.3 Å². The number of piperazine rings is 1. The number of halogens is 2. The highest BCUT2D eigenvalue weighted by Crippen LogP contribution is 2.47. The van der Waals surface area contributed by atoms with Crippen molar-refractivity contribution in [3.05, 3.63) is 29.3 Å². The van der Waals surface area contributed by atoms with Gasteiger partial charge in [0, 0.05) is 37.8 Å². The van der Waals surface area contributed by atoms with Crippen LogP contribution in [0.2, 0.25) is 0 Å². The maximum Gasteiger partial charge on any atom is 0.123 e. The van der Waals surface area contributed by atoms with E-state index in [1.807, 2.05) is 13.0 Å². The topological polar surface area (TPSA) is 35.5 Å². The molecule has 1 aromatic rings. The summed E-state index contributed by atoms with van der Waals surface area (Å²) in [5, 5.41) is 13.7. The molecule has 114 valence electrons. The summed E-state index contributed by atoms with van der Waals surface area (Å²) in [6.07, 6.45) is 2.62. The molecule has 0 unspecified atom stereocenters. The molecule has 3 nitrogen and oxygen atoms in total. The fraction of sp³-hybridized carbons (Fsp3) is 0.600. The number of aromatic hydroxyl groups is 1. The van der Waals surface area contributed by atoms with Gasteiger partial charge in [-0.3, -0.25) is 4.90 Å². The lowest BCUT2D eigenvalue weighted by Crippen LogP contribution is -2.45. The van der Waals surface area contributed by atoms with Crippen molar-refractivity contribution < 1.29 is 5.11 Å². The second-order valence-corrected chi connectivity index (χ2v) is 5.58. The first-order valence-electron chi connectivity index (χ1n) is 7.00. The predicted octanol–water partition coefficient (Wildman–Crippen LogP) is 2.90. The number of rotatable bonds is 3. The number of nitrogens with zero attached hydrogens (tertiary/aromatic N) is 1. The van der Waals surface area contributed by atoms with Crippen molar-refractivity contribution in [3.63, 3.8) is 0 Å². The first-order valence-corrected chi connectivity index (χ1v) is 7.00. The molecule has 1 saturated carbocycles. The molecule has 2 fully saturated rings. The Morgan fingerprint density at radius 1 is 1.20 bits per heavy atom. The number of phenols is 1. The number of hydrogen-bond acceptors (Lipinski definition) is 3. The molecule has 1 heterocycles. The normalized spacial score (nSPS) is 20.6. The van der Waals surface area contributed by atoms with Crippen LogP contribution in [0, 0.1) is 12.8 Å². The van der Waals surface area contributed by atoms with Gasteiger partial charge in [-0.25, -0.2) is 0 Å². The Balaban J connectivity index is 0.000001000. The Kier molecular flexibility index (Phi) is 6.59. The van der Waals surface area contributed by atoms with Crippen LogP contribution in [0.4, 0.5) is 0 Å². The summed E-state index contributed by atoms with van der Waals surface area (Å²) < 4.78 is 0. The number of aryl methyl sites for hydroxylation is 1. The minimum Gasteiger partial charge on any atom is -0.507 e. The van der Waals surface area contributed by atoms with Gasteiger partial charge in [0.05, 0.1) is 0 Å². The van der Waals surface area contributed by atoms with Crippen LogP contribution < -0.4 is 5.32 Å².